The zero-order chi connectivity index (χ0) is 11.4. The van der Waals surface area contributed by atoms with Gasteiger partial charge in [-0.2, -0.15) is 0 Å². The molecule has 4 nitrogen and oxygen atoms in total. The highest BCUT2D eigenvalue weighted by Crippen LogP contribution is 2.18. The summed E-state index contributed by atoms with van der Waals surface area (Å²) >= 11 is 0. The number of aromatic carboxylic acids is 1. The van der Waals surface area contributed by atoms with Crippen LogP contribution in [-0.2, 0) is 0 Å². The van der Waals surface area contributed by atoms with Gasteiger partial charge in [-0.3, -0.25) is 0 Å². The number of hydrogen-bond donors (Lipinski definition) is 1. The Balaban J connectivity index is 2.65. The van der Waals surface area contributed by atoms with Crippen LogP contribution in [0.2, 0.25) is 0 Å². The molecular weight excluding hydrogens is 194 g/mol. The Labute approximate surface area is 89.5 Å². The Bertz CT molecular complexity index is 332. The first-order chi connectivity index (χ1) is 7.04. The number of anilines is 1. The second kappa shape index (κ2) is 4.87. The van der Waals surface area contributed by atoms with E-state index >= 15 is 0 Å². The lowest BCUT2D eigenvalue weighted by Gasteiger charge is -2.19. The Morgan fingerprint density at radius 3 is 2.73 bits per heavy atom. The van der Waals surface area contributed by atoms with Crippen molar-refractivity contribution in [2.45, 2.75) is 20.3 Å². The maximum atomic E-state index is 10.6. The Morgan fingerprint density at radius 1 is 1.60 bits per heavy atom. The van der Waals surface area contributed by atoms with Gasteiger partial charge in [0.2, 0.25) is 5.76 Å². The summed E-state index contributed by atoms with van der Waals surface area (Å²) in [6, 6.07) is 3.16. The topological polar surface area (TPSA) is 53.7 Å². The smallest absolute Gasteiger partial charge is 0.371 e. The Hall–Kier alpha value is -1.45. The third kappa shape index (κ3) is 3.01. The van der Waals surface area contributed by atoms with Crippen molar-refractivity contribution in [2.24, 2.45) is 5.92 Å². The lowest BCUT2D eigenvalue weighted by atomic mass is 10.1. The first-order valence-corrected chi connectivity index (χ1v) is 5.08. The fourth-order valence-corrected chi connectivity index (χ4v) is 1.33. The van der Waals surface area contributed by atoms with Crippen LogP contribution in [0.4, 0.5) is 5.88 Å². The van der Waals surface area contributed by atoms with Gasteiger partial charge in [0, 0.05) is 19.7 Å². The molecule has 84 valence electrons. The van der Waals surface area contributed by atoms with E-state index in [2.05, 4.69) is 13.8 Å². The van der Waals surface area contributed by atoms with Gasteiger partial charge in [0.05, 0.1) is 0 Å². The van der Waals surface area contributed by atoms with E-state index in [4.69, 9.17) is 9.52 Å². The largest absolute Gasteiger partial charge is 0.475 e. The average Bonchev–Trinajstić information content (AvgIpc) is 2.66. The van der Waals surface area contributed by atoms with Crippen LogP contribution < -0.4 is 4.90 Å². The lowest BCUT2D eigenvalue weighted by Crippen LogP contribution is -2.23. The van der Waals surface area contributed by atoms with Crippen molar-refractivity contribution in [1.29, 1.82) is 0 Å². The standard InChI is InChI=1S/C11H17NO3/c1-4-8(2)7-12(3)10-6-5-9(15-10)11(13)14/h5-6,8H,4,7H2,1-3H3,(H,13,14). The maximum absolute atomic E-state index is 10.6. The summed E-state index contributed by atoms with van der Waals surface area (Å²) in [5.41, 5.74) is 0. The summed E-state index contributed by atoms with van der Waals surface area (Å²) in [6.07, 6.45) is 1.09. The molecule has 0 aliphatic carbocycles. The van der Waals surface area contributed by atoms with Crippen molar-refractivity contribution in [3.63, 3.8) is 0 Å². The summed E-state index contributed by atoms with van der Waals surface area (Å²) in [7, 11) is 1.90. The molecule has 1 unspecified atom stereocenters. The predicted molar refractivity (Wildman–Crippen MR) is 58.4 cm³/mol. The minimum Gasteiger partial charge on any atom is -0.475 e. The molecule has 1 aromatic heterocycles. The third-order valence-corrected chi connectivity index (χ3v) is 2.46. The van der Waals surface area contributed by atoms with Crippen molar-refractivity contribution in [3.8, 4) is 0 Å². The lowest BCUT2D eigenvalue weighted by molar-refractivity contribution is 0.0663. The van der Waals surface area contributed by atoms with Crippen molar-refractivity contribution in [2.75, 3.05) is 18.5 Å². The Morgan fingerprint density at radius 2 is 2.27 bits per heavy atom. The second-order valence-electron chi connectivity index (χ2n) is 3.84. The monoisotopic (exact) mass is 211 g/mol. The molecule has 1 N–H and O–H groups in total. The normalized spacial score (nSPS) is 12.5. The van der Waals surface area contributed by atoms with E-state index in [0.29, 0.717) is 11.8 Å². The quantitative estimate of drug-likeness (QED) is 0.812. The fraction of sp³-hybridized carbons (Fsp3) is 0.545. The summed E-state index contributed by atoms with van der Waals surface area (Å²) in [5.74, 6) is 0.125. The van der Waals surface area contributed by atoms with Crippen molar-refractivity contribution >= 4 is 11.9 Å². The number of carboxylic acid groups (broad SMARTS) is 1. The first-order valence-electron chi connectivity index (χ1n) is 5.08. The van der Waals surface area contributed by atoms with Crippen molar-refractivity contribution in [1.82, 2.24) is 0 Å². The van der Waals surface area contributed by atoms with Crippen LogP contribution in [0.1, 0.15) is 30.8 Å². The molecule has 0 aliphatic heterocycles. The molecule has 0 amide bonds. The van der Waals surface area contributed by atoms with Crippen LogP contribution in [0.15, 0.2) is 16.5 Å². The molecule has 1 heterocycles. The minimum atomic E-state index is -1.03. The van der Waals surface area contributed by atoms with Gasteiger partial charge in [-0.25, -0.2) is 4.79 Å². The second-order valence-corrected chi connectivity index (χ2v) is 3.84. The molecule has 0 aromatic carbocycles. The average molecular weight is 211 g/mol. The summed E-state index contributed by atoms with van der Waals surface area (Å²) in [4.78, 5) is 12.5. The van der Waals surface area contributed by atoms with E-state index in [0.717, 1.165) is 13.0 Å². The van der Waals surface area contributed by atoms with E-state index in [-0.39, 0.29) is 5.76 Å². The van der Waals surface area contributed by atoms with E-state index in [9.17, 15) is 4.79 Å². The minimum absolute atomic E-state index is 0.0130. The number of carbonyl (C=O) groups is 1. The van der Waals surface area contributed by atoms with Gasteiger partial charge < -0.3 is 14.4 Å². The molecule has 15 heavy (non-hydrogen) atoms. The van der Waals surface area contributed by atoms with Crippen molar-refractivity contribution in [3.05, 3.63) is 17.9 Å². The van der Waals surface area contributed by atoms with E-state index in [1.165, 1.54) is 6.07 Å². The highest BCUT2D eigenvalue weighted by atomic mass is 16.4. The molecule has 0 radical (unpaired) electrons. The molecule has 1 rings (SSSR count). The van der Waals surface area contributed by atoms with Crippen LogP contribution in [0.25, 0.3) is 0 Å². The number of carboxylic acids is 1. The third-order valence-electron chi connectivity index (χ3n) is 2.46. The molecule has 0 spiro atoms. The maximum Gasteiger partial charge on any atom is 0.371 e. The van der Waals surface area contributed by atoms with Gasteiger partial charge in [-0.1, -0.05) is 20.3 Å². The van der Waals surface area contributed by atoms with Gasteiger partial charge in [0.15, 0.2) is 5.88 Å². The predicted octanol–water partition coefficient (Wildman–Crippen LogP) is 2.46. The highest BCUT2D eigenvalue weighted by Gasteiger charge is 2.12. The Kier molecular flexibility index (Phi) is 3.77. The molecule has 0 saturated carbocycles. The highest BCUT2D eigenvalue weighted by molar-refractivity contribution is 5.84. The van der Waals surface area contributed by atoms with E-state index < -0.39 is 5.97 Å². The summed E-state index contributed by atoms with van der Waals surface area (Å²) in [5, 5.41) is 8.70. The van der Waals surface area contributed by atoms with Crippen LogP contribution in [0.3, 0.4) is 0 Å². The van der Waals surface area contributed by atoms with E-state index in [1.54, 1.807) is 6.07 Å². The zero-order valence-corrected chi connectivity index (χ0v) is 9.36. The van der Waals surface area contributed by atoms with Crippen LogP contribution in [0, 0.1) is 5.92 Å². The van der Waals surface area contributed by atoms with E-state index in [1.807, 2.05) is 11.9 Å². The van der Waals surface area contributed by atoms with Gasteiger partial charge in [0.1, 0.15) is 0 Å². The molecule has 4 heteroatoms. The van der Waals surface area contributed by atoms with Gasteiger partial charge >= 0.3 is 5.97 Å². The number of rotatable bonds is 5. The summed E-state index contributed by atoms with van der Waals surface area (Å²) in [6.45, 7) is 5.14. The SMILES string of the molecule is CCC(C)CN(C)c1ccc(C(=O)O)o1. The molecule has 1 atom stereocenters. The molecule has 0 saturated heterocycles. The van der Waals surface area contributed by atoms with Crippen LogP contribution in [0.5, 0.6) is 0 Å². The van der Waals surface area contributed by atoms with Gasteiger partial charge in [0.25, 0.3) is 0 Å². The number of nitrogens with zero attached hydrogens (tertiary/aromatic N) is 1. The van der Waals surface area contributed by atoms with Crippen LogP contribution >= 0.6 is 0 Å². The number of hydrogen-bond acceptors (Lipinski definition) is 3. The fourth-order valence-electron chi connectivity index (χ4n) is 1.33. The molecule has 1 aromatic rings. The first kappa shape index (κ1) is 11.6. The molecular formula is C11H17NO3. The molecule has 0 bridgehead atoms. The van der Waals surface area contributed by atoms with Gasteiger partial charge in [-0.05, 0) is 12.0 Å². The number of furan rings is 1. The zero-order valence-electron chi connectivity index (χ0n) is 9.36. The molecule has 0 fully saturated rings. The van der Waals surface area contributed by atoms with Gasteiger partial charge in [-0.15, -0.1) is 0 Å². The van der Waals surface area contributed by atoms with Crippen LogP contribution in [-0.4, -0.2) is 24.7 Å². The van der Waals surface area contributed by atoms with Crippen molar-refractivity contribution < 1.29 is 14.3 Å². The molecule has 0 aliphatic rings. The summed E-state index contributed by atoms with van der Waals surface area (Å²) < 4.78 is 5.18.